The van der Waals surface area contributed by atoms with Crippen LogP contribution in [0.2, 0.25) is 0 Å². The highest BCUT2D eigenvalue weighted by Crippen LogP contribution is 2.09. The molecule has 2 aromatic rings. The molecule has 0 saturated carbocycles. The Hall–Kier alpha value is -4.00. The molecule has 1 amide bonds. The lowest BCUT2D eigenvalue weighted by Crippen LogP contribution is -2.30. The Morgan fingerprint density at radius 1 is 1.00 bits per heavy atom. The number of nitrogens with one attached hydrogen (secondary N) is 1. The summed E-state index contributed by atoms with van der Waals surface area (Å²) < 4.78 is 4.37. The van der Waals surface area contributed by atoms with Crippen LogP contribution >= 0.6 is 0 Å². The van der Waals surface area contributed by atoms with Crippen molar-refractivity contribution in [1.29, 1.82) is 0 Å². The maximum Gasteiger partial charge on any atom is 0.356 e. The number of ether oxygens (including phenoxy) is 1. The second-order valence-corrected chi connectivity index (χ2v) is 4.28. The normalized spacial score (nSPS) is 9.31. The number of carbonyl (C=O) groups excluding carboxylic acids is 2. The maximum absolute atomic E-state index is 10.8. The fourth-order valence-electron chi connectivity index (χ4n) is 1.42. The molecule has 0 unspecified atom stereocenters. The van der Waals surface area contributed by atoms with Crippen molar-refractivity contribution >= 4 is 23.3 Å². The zero-order chi connectivity index (χ0) is 19.7. The first-order valence-corrected chi connectivity index (χ1v) is 6.60. The van der Waals surface area contributed by atoms with Gasteiger partial charge in [0, 0.05) is 12.1 Å². The van der Waals surface area contributed by atoms with Crippen LogP contribution < -0.4 is 11.3 Å². The highest BCUT2D eigenvalue weighted by Gasteiger charge is 2.10. The second-order valence-electron chi connectivity index (χ2n) is 4.28. The van der Waals surface area contributed by atoms with Gasteiger partial charge in [0.15, 0.2) is 0 Å². The number of carbonyl (C=O) groups is 2. The number of esters is 1. The lowest BCUT2D eigenvalue weighted by Gasteiger charge is -1.96. The number of rotatable bonds is 4. The van der Waals surface area contributed by atoms with E-state index in [0.29, 0.717) is 0 Å². The zero-order valence-corrected chi connectivity index (χ0v) is 13.2. The van der Waals surface area contributed by atoms with Crippen LogP contribution in [0.3, 0.4) is 0 Å². The Labute approximate surface area is 145 Å². The first-order valence-electron chi connectivity index (χ1n) is 6.60. The van der Waals surface area contributed by atoms with E-state index in [0.717, 1.165) is 12.4 Å². The van der Waals surface area contributed by atoms with Crippen molar-refractivity contribution in [3.8, 4) is 0 Å². The Kier molecular flexibility index (Phi) is 7.20. The van der Waals surface area contributed by atoms with Crippen molar-refractivity contribution in [1.82, 2.24) is 15.4 Å². The van der Waals surface area contributed by atoms with E-state index >= 15 is 0 Å². The Morgan fingerprint density at radius 3 is 1.77 bits per heavy atom. The summed E-state index contributed by atoms with van der Waals surface area (Å²) in [6, 6.07) is 4.83. The van der Waals surface area contributed by atoms with E-state index in [1.165, 1.54) is 31.4 Å². The minimum Gasteiger partial charge on any atom is -0.464 e. The Bertz CT molecular complexity index is 737. The molecule has 136 valence electrons. The van der Waals surface area contributed by atoms with Crippen molar-refractivity contribution in [2.45, 2.75) is 0 Å². The Balaban J connectivity index is 0.000000260. The minimum absolute atomic E-state index is 0.0353. The van der Waals surface area contributed by atoms with Gasteiger partial charge >= 0.3 is 5.97 Å². The molecule has 2 aromatic heterocycles. The molecule has 13 heteroatoms. The van der Waals surface area contributed by atoms with E-state index < -0.39 is 21.7 Å². The molecule has 0 saturated heterocycles. The third kappa shape index (κ3) is 5.57. The number of aromatic nitrogens is 2. The van der Waals surface area contributed by atoms with Crippen LogP contribution in [0.15, 0.2) is 36.7 Å². The number of pyridine rings is 2. The monoisotopic (exact) mass is 364 g/mol. The molecule has 26 heavy (non-hydrogen) atoms. The van der Waals surface area contributed by atoms with Gasteiger partial charge in [-0.25, -0.2) is 20.6 Å². The number of hydrogen-bond acceptors (Lipinski definition) is 10. The first kappa shape index (κ1) is 20.0. The van der Waals surface area contributed by atoms with Gasteiger partial charge < -0.3 is 4.74 Å². The molecule has 0 radical (unpaired) electrons. The summed E-state index contributed by atoms with van der Waals surface area (Å²) in [5.41, 5.74) is 1.61. The van der Waals surface area contributed by atoms with Gasteiger partial charge in [0.05, 0.1) is 17.0 Å². The second kappa shape index (κ2) is 9.33. The standard InChI is InChI=1S/C7H6N2O4.C6H6N4O3/c1-13-7(10)6-3-2-5(4-8-6)9(11)12;7-9-6(11)5-2-1-4(3-8-5)10(12)13/h2-4H,1H3;1-3H,7H2,(H,9,11). The van der Waals surface area contributed by atoms with Crippen LogP contribution in [0.5, 0.6) is 0 Å². The van der Waals surface area contributed by atoms with Crippen LogP contribution in [0, 0.1) is 20.2 Å². The van der Waals surface area contributed by atoms with Gasteiger partial charge in [-0.2, -0.15) is 0 Å². The lowest BCUT2D eigenvalue weighted by molar-refractivity contribution is -0.385. The molecule has 2 rings (SSSR count). The molecule has 0 spiro atoms. The molecule has 0 atom stereocenters. The highest BCUT2D eigenvalue weighted by atomic mass is 16.6. The summed E-state index contributed by atoms with van der Waals surface area (Å²) in [5.74, 6) is 3.62. The number of nitrogens with zero attached hydrogens (tertiary/aromatic N) is 4. The summed E-state index contributed by atoms with van der Waals surface area (Å²) in [4.78, 5) is 48.0. The van der Waals surface area contributed by atoms with Gasteiger partial charge in [-0.1, -0.05) is 0 Å². The Morgan fingerprint density at radius 2 is 1.46 bits per heavy atom. The van der Waals surface area contributed by atoms with Gasteiger partial charge in [0.2, 0.25) is 0 Å². The van der Waals surface area contributed by atoms with Gasteiger partial charge in [-0.05, 0) is 12.1 Å². The van der Waals surface area contributed by atoms with Gasteiger partial charge in [-0.15, -0.1) is 0 Å². The first-order chi connectivity index (χ1) is 12.3. The van der Waals surface area contributed by atoms with Gasteiger partial charge in [0.25, 0.3) is 17.3 Å². The van der Waals surface area contributed by atoms with Crippen molar-refractivity contribution in [3.05, 3.63) is 68.3 Å². The number of nitrogens with two attached hydrogens (primary N) is 1. The average Bonchev–Trinajstić information content (AvgIpc) is 2.67. The third-order valence-corrected chi connectivity index (χ3v) is 2.68. The summed E-state index contributed by atoms with van der Waals surface area (Å²) >= 11 is 0. The maximum atomic E-state index is 10.8. The number of hydrogen-bond donors (Lipinski definition) is 2. The van der Waals surface area contributed by atoms with E-state index in [1.54, 1.807) is 0 Å². The molecule has 0 aliphatic heterocycles. The number of nitrogen functional groups attached to an aromatic ring is 1. The SMILES string of the molecule is COC(=O)c1ccc([N+](=O)[O-])cn1.NNC(=O)c1ccc([N+](=O)[O-])cn1. The molecule has 3 N–H and O–H groups in total. The molecular weight excluding hydrogens is 352 g/mol. The predicted molar refractivity (Wildman–Crippen MR) is 84.8 cm³/mol. The summed E-state index contributed by atoms with van der Waals surface area (Å²) in [5, 5.41) is 20.4. The van der Waals surface area contributed by atoms with Crippen molar-refractivity contribution in [3.63, 3.8) is 0 Å². The predicted octanol–water partition coefficient (Wildman–Crippen LogP) is 0.370. The fourth-order valence-corrected chi connectivity index (χ4v) is 1.42. The van der Waals surface area contributed by atoms with E-state index in [-0.39, 0.29) is 22.8 Å². The minimum atomic E-state index is -0.616. The number of nitro groups is 2. The summed E-state index contributed by atoms with van der Waals surface area (Å²) in [7, 11) is 1.21. The molecule has 2 heterocycles. The largest absolute Gasteiger partial charge is 0.464 e. The molecular formula is C13H12N6O7. The van der Waals surface area contributed by atoms with Crippen LogP contribution in [-0.2, 0) is 4.74 Å². The number of amides is 1. The van der Waals surface area contributed by atoms with E-state index in [9.17, 15) is 29.8 Å². The topological polar surface area (TPSA) is 193 Å². The van der Waals surface area contributed by atoms with E-state index in [1.807, 2.05) is 5.43 Å². The van der Waals surface area contributed by atoms with Crippen molar-refractivity contribution in [2.24, 2.45) is 5.84 Å². The van der Waals surface area contributed by atoms with Crippen molar-refractivity contribution < 1.29 is 24.2 Å². The van der Waals surface area contributed by atoms with Crippen LogP contribution in [0.4, 0.5) is 11.4 Å². The highest BCUT2D eigenvalue weighted by molar-refractivity contribution is 5.91. The van der Waals surface area contributed by atoms with Gasteiger partial charge in [0.1, 0.15) is 23.8 Å². The van der Waals surface area contributed by atoms with Gasteiger partial charge in [-0.3, -0.25) is 30.4 Å². The summed E-state index contributed by atoms with van der Waals surface area (Å²) in [6.45, 7) is 0. The fraction of sp³-hybridized carbons (Fsp3) is 0.0769. The van der Waals surface area contributed by atoms with E-state index in [4.69, 9.17) is 5.84 Å². The lowest BCUT2D eigenvalue weighted by atomic mass is 10.3. The molecule has 0 aromatic carbocycles. The number of methoxy groups -OCH3 is 1. The molecule has 0 fully saturated rings. The van der Waals surface area contributed by atoms with Crippen LogP contribution in [-0.4, -0.2) is 38.8 Å². The third-order valence-electron chi connectivity index (χ3n) is 2.68. The van der Waals surface area contributed by atoms with Crippen LogP contribution in [0.1, 0.15) is 21.0 Å². The van der Waals surface area contributed by atoms with Crippen LogP contribution in [0.25, 0.3) is 0 Å². The smallest absolute Gasteiger partial charge is 0.356 e. The quantitative estimate of drug-likeness (QED) is 0.251. The zero-order valence-electron chi connectivity index (χ0n) is 13.2. The van der Waals surface area contributed by atoms with E-state index in [2.05, 4.69) is 14.7 Å². The average molecular weight is 364 g/mol. The molecule has 0 aliphatic carbocycles. The number of hydrazine groups is 1. The molecule has 0 aliphatic rings. The molecule has 0 bridgehead atoms. The van der Waals surface area contributed by atoms with Crippen molar-refractivity contribution in [2.75, 3.05) is 7.11 Å². The molecule has 13 nitrogen and oxygen atoms in total. The summed E-state index contributed by atoms with van der Waals surface area (Å²) in [6.07, 6.45) is 2.00.